The Morgan fingerprint density at radius 2 is 2.47 bits per heavy atom. The lowest BCUT2D eigenvalue weighted by Gasteiger charge is -2.27. The molecule has 0 radical (unpaired) electrons. The summed E-state index contributed by atoms with van der Waals surface area (Å²) in [4.78, 5) is 12.0. The predicted octanol–water partition coefficient (Wildman–Crippen LogP) is 1.71. The maximum atomic E-state index is 12.0. The minimum absolute atomic E-state index is 0. The molecule has 1 fully saturated rings. The summed E-state index contributed by atoms with van der Waals surface area (Å²) < 4.78 is 0. The van der Waals surface area contributed by atoms with Gasteiger partial charge in [-0.15, -0.1) is 12.4 Å². The van der Waals surface area contributed by atoms with E-state index in [4.69, 9.17) is 0 Å². The van der Waals surface area contributed by atoms with Crippen LogP contribution in [0, 0.1) is 5.92 Å². The molecule has 1 aromatic heterocycles. The Morgan fingerprint density at radius 3 is 3.11 bits per heavy atom. The number of nitrogens with one attached hydrogen (secondary N) is 2. The monoisotopic (exact) mass is 304 g/mol. The second-order valence-electron chi connectivity index (χ2n) is 4.89. The first-order chi connectivity index (χ1) is 8.66. The van der Waals surface area contributed by atoms with Crippen LogP contribution in [0.1, 0.15) is 31.4 Å². The highest BCUT2D eigenvalue weighted by atomic mass is 35.5. The van der Waals surface area contributed by atoms with E-state index >= 15 is 0 Å². The van der Waals surface area contributed by atoms with Gasteiger partial charge in [0, 0.05) is 18.5 Å². The van der Waals surface area contributed by atoms with Gasteiger partial charge in [-0.1, -0.05) is 0 Å². The van der Waals surface area contributed by atoms with Crippen molar-refractivity contribution in [1.82, 2.24) is 10.6 Å². The molecule has 108 valence electrons. The first-order valence-electron chi connectivity index (χ1n) is 6.38. The lowest BCUT2D eigenvalue weighted by atomic mass is 9.92. The molecule has 1 aliphatic heterocycles. The van der Waals surface area contributed by atoms with Crippen molar-refractivity contribution < 1.29 is 9.90 Å². The van der Waals surface area contributed by atoms with Crippen molar-refractivity contribution in [2.45, 2.75) is 31.9 Å². The Kier molecular flexibility index (Phi) is 6.79. The highest BCUT2D eigenvalue weighted by molar-refractivity contribution is 7.07. The van der Waals surface area contributed by atoms with E-state index in [0.29, 0.717) is 12.6 Å². The second-order valence-corrected chi connectivity index (χ2v) is 5.67. The number of amides is 1. The number of thiophene rings is 1. The maximum Gasteiger partial charge on any atom is 0.223 e. The molecule has 0 aliphatic carbocycles. The summed E-state index contributed by atoms with van der Waals surface area (Å²) in [5.41, 5.74) is 0.874. The normalized spacial score (nSPS) is 24.3. The van der Waals surface area contributed by atoms with Crippen molar-refractivity contribution in [3.8, 4) is 0 Å². The Bertz CT molecular complexity index is 386. The summed E-state index contributed by atoms with van der Waals surface area (Å²) in [5, 5.41) is 19.9. The van der Waals surface area contributed by atoms with Crippen LogP contribution >= 0.6 is 23.7 Å². The van der Waals surface area contributed by atoms with E-state index in [-0.39, 0.29) is 24.2 Å². The molecule has 1 aromatic rings. The largest absolute Gasteiger partial charge is 0.387 e. The lowest BCUT2D eigenvalue weighted by molar-refractivity contribution is -0.126. The fourth-order valence-electron chi connectivity index (χ4n) is 2.29. The van der Waals surface area contributed by atoms with Crippen molar-refractivity contribution in [3.63, 3.8) is 0 Å². The van der Waals surface area contributed by atoms with Gasteiger partial charge in [0.2, 0.25) is 5.91 Å². The van der Waals surface area contributed by atoms with Gasteiger partial charge < -0.3 is 15.7 Å². The van der Waals surface area contributed by atoms with Crippen molar-refractivity contribution in [3.05, 3.63) is 22.4 Å². The Labute approximate surface area is 124 Å². The number of carbonyl (C=O) groups is 1. The van der Waals surface area contributed by atoms with Gasteiger partial charge >= 0.3 is 0 Å². The molecule has 0 bridgehead atoms. The molecule has 0 spiro atoms. The van der Waals surface area contributed by atoms with E-state index in [1.165, 1.54) is 0 Å². The minimum Gasteiger partial charge on any atom is -0.387 e. The third-order valence-electron chi connectivity index (χ3n) is 3.39. The van der Waals surface area contributed by atoms with Crippen LogP contribution < -0.4 is 10.6 Å². The second kappa shape index (κ2) is 7.85. The van der Waals surface area contributed by atoms with Crippen LogP contribution in [0.3, 0.4) is 0 Å². The van der Waals surface area contributed by atoms with Gasteiger partial charge in [0.15, 0.2) is 0 Å². The number of halogens is 1. The summed E-state index contributed by atoms with van der Waals surface area (Å²) in [6.45, 7) is 3.29. The van der Waals surface area contributed by atoms with E-state index in [9.17, 15) is 9.90 Å². The highest BCUT2D eigenvalue weighted by Gasteiger charge is 2.24. The number of hydrogen-bond acceptors (Lipinski definition) is 4. The quantitative estimate of drug-likeness (QED) is 0.793. The number of hydrogen-bond donors (Lipinski definition) is 3. The molecule has 3 atom stereocenters. The number of aliphatic hydroxyl groups excluding tert-OH is 1. The summed E-state index contributed by atoms with van der Waals surface area (Å²) >= 11 is 1.55. The average Bonchev–Trinajstić information content (AvgIpc) is 2.89. The van der Waals surface area contributed by atoms with Crippen LogP contribution in [0.25, 0.3) is 0 Å². The van der Waals surface area contributed by atoms with Gasteiger partial charge in [0.1, 0.15) is 0 Å². The van der Waals surface area contributed by atoms with Crippen LogP contribution in [0.5, 0.6) is 0 Å². The van der Waals surface area contributed by atoms with E-state index in [1.54, 1.807) is 11.3 Å². The Morgan fingerprint density at radius 1 is 1.68 bits per heavy atom. The van der Waals surface area contributed by atoms with Crippen LogP contribution in [0.15, 0.2) is 16.8 Å². The van der Waals surface area contributed by atoms with Gasteiger partial charge in [-0.25, -0.2) is 0 Å². The lowest BCUT2D eigenvalue weighted by Crippen LogP contribution is -2.43. The van der Waals surface area contributed by atoms with Crippen LogP contribution in [0.2, 0.25) is 0 Å². The van der Waals surface area contributed by atoms with Crippen LogP contribution in [-0.2, 0) is 4.79 Å². The van der Waals surface area contributed by atoms with Crippen molar-refractivity contribution in [2.24, 2.45) is 5.92 Å². The molecule has 0 saturated carbocycles. The highest BCUT2D eigenvalue weighted by Crippen LogP contribution is 2.18. The summed E-state index contributed by atoms with van der Waals surface area (Å²) in [5.74, 6) is 0.147. The summed E-state index contributed by atoms with van der Waals surface area (Å²) in [6.07, 6.45) is 1.16. The standard InChI is InChI=1S/C13H20N2O2S.ClH/c1-9-6-10(2-4-14-9)13(17)15-7-12(16)11-3-5-18-8-11;/h3,5,8-10,12,14,16H,2,4,6-7H2,1H3,(H,15,17);1H/t9-,10-,12?;/m0./s1. The van der Waals surface area contributed by atoms with E-state index in [0.717, 1.165) is 24.9 Å². The molecule has 6 heteroatoms. The van der Waals surface area contributed by atoms with Crippen LogP contribution in [-0.4, -0.2) is 30.1 Å². The number of carbonyl (C=O) groups excluding carboxylic acids is 1. The minimum atomic E-state index is -0.598. The number of piperidine rings is 1. The average molecular weight is 305 g/mol. The third kappa shape index (κ3) is 4.76. The molecule has 1 amide bonds. The van der Waals surface area contributed by atoms with Gasteiger partial charge in [-0.2, -0.15) is 11.3 Å². The van der Waals surface area contributed by atoms with E-state index in [1.807, 2.05) is 16.8 Å². The van der Waals surface area contributed by atoms with Crippen LogP contribution in [0.4, 0.5) is 0 Å². The molecular weight excluding hydrogens is 284 g/mol. The van der Waals surface area contributed by atoms with Crippen molar-refractivity contribution >= 4 is 29.7 Å². The summed E-state index contributed by atoms with van der Waals surface area (Å²) in [7, 11) is 0. The molecular formula is C13H21ClN2O2S. The number of rotatable bonds is 4. The molecule has 1 unspecified atom stereocenters. The summed E-state index contributed by atoms with van der Waals surface area (Å²) in [6, 6.07) is 2.28. The first kappa shape index (κ1) is 16.4. The fourth-order valence-corrected chi connectivity index (χ4v) is 3.00. The molecule has 19 heavy (non-hydrogen) atoms. The smallest absolute Gasteiger partial charge is 0.223 e. The zero-order chi connectivity index (χ0) is 13.0. The zero-order valence-electron chi connectivity index (χ0n) is 11.0. The van der Waals surface area contributed by atoms with E-state index < -0.39 is 6.10 Å². The molecule has 0 aromatic carbocycles. The Balaban J connectivity index is 0.00000180. The first-order valence-corrected chi connectivity index (χ1v) is 7.32. The maximum absolute atomic E-state index is 12.0. The Hall–Kier alpha value is -0.620. The molecule has 3 N–H and O–H groups in total. The van der Waals surface area contributed by atoms with Crippen molar-refractivity contribution in [1.29, 1.82) is 0 Å². The zero-order valence-corrected chi connectivity index (χ0v) is 12.6. The predicted molar refractivity (Wildman–Crippen MR) is 79.7 cm³/mol. The van der Waals surface area contributed by atoms with Gasteiger partial charge in [0.25, 0.3) is 0 Å². The third-order valence-corrected chi connectivity index (χ3v) is 4.09. The topological polar surface area (TPSA) is 61.4 Å². The SMILES string of the molecule is C[C@H]1C[C@@H](C(=O)NCC(O)c2ccsc2)CCN1.Cl. The molecule has 1 saturated heterocycles. The van der Waals surface area contributed by atoms with Crippen molar-refractivity contribution in [2.75, 3.05) is 13.1 Å². The molecule has 1 aliphatic rings. The molecule has 2 heterocycles. The fraction of sp³-hybridized carbons (Fsp3) is 0.615. The molecule has 2 rings (SSSR count). The number of aliphatic hydroxyl groups is 1. The van der Waals surface area contributed by atoms with Gasteiger partial charge in [0.05, 0.1) is 6.10 Å². The van der Waals surface area contributed by atoms with Gasteiger partial charge in [-0.3, -0.25) is 4.79 Å². The molecule has 4 nitrogen and oxygen atoms in total. The van der Waals surface area contributed by atoms with Gasteiger partial charge in [-0.05, 0) is 48.7 Å². The van der Waals surface area contributed by atoms with E-state index in [2.05, 4.69) is 17.6 Å².